The standard InChI is InChI=1S/C21H13N3O3/c22-12-14-9-10-18(16-7-3-2-6-15(14)16)24-20(26)17(23-21(24)27)11-13-5-1-4-8-19(13)25/h1-11,25H,(H,23,27)/b17-11+. The number of amides is 3. The van der Waals surface area contributed by atoms with E-state index in [1.54, 1.807) is 54.6 Å². The molecule has 1 heterocycles. The molecule has 3 amide bonds. The van der Waals surface area contributed by atoms with Gasteiger partial charge in [-0.3, -0.25) is 4.79 Å². The largest absolute Gasteiger partial charge is 0.507 e. The molecule has 130 valence electrons. The number of benzene rings is 3. The predicted molar refractivity (Wildman–Crippen MR) is 101 cm³/mol. The van der Waals surface area contributed by atoms with E-state index in [4.69, 9.17) is 0 Å². The third kappa shape index (κ3) is 2.68. The Morgan fingerprint density at radius 1 is 0.963 bits per heavy atom. The first-order valence-corrected chi connectivity index (χ1v) is 8.17. The summed E-state index contributed by atoms with van der Waals surface area (Å²) in [5.74, 6) is -0.521. The van der Waals surface area contributed by atoms with Gasteiger partial charge in [0.1, 0.15) is 11.4 Å². The topological polar surface area (TPSA) is 93.4 Å². The highest BCUT2D eigenvalue weighted by molar-refractivity contribution is 6.30. The van der Waals surface area contributed by atoms with Gasteiger partial charge in [0.2, 0.25) is 0 Å². The maximum absolute atomic E-state index is 12.9. The van der Waals surface area contributed by atoms with Gasteiger partial charge in [-0.2, -0.15) is 5.26 Å². The number of nitriles is 1. The second-order valence-corrected chi connectivity index (χ2v) is 5.98. The van der Waals surface area contributed by atoms with E-state index in [-0.39, 0.29) is 11.4 Å². The predicted octanol–water partition coefficient (Wildman–Crippen LogP) is 3.51. The average Bonchev–Trinajstić information content (AvgIpc) is 2.96. The molecule has 6 heteroatoms. The van der Waals surface area contributed by atoms with Gasteiger partial charge in [-0.1, -0.05) is 42.5 Å². The Morgan fingerprint density at radius 3 is 2.41 bits per heavy atom. The van der Waals surface area contributed by atoms with Gasteiger partial charge in [-0.15, -0.1) is 0 Å². The fourth-order valence-corrected chi connectivity index (χ4v) is 3.09. The zero-order valence-electron chi connectivity index (χ0n) is 14.0. The molecule has 2 N–H and O–H groups in total. The molecule has 0 spiro atoms. The quantitative estimate of drug-likeness (QED) is 0.543. The fraction of sp³-hybridized carbons (Fsp3) is 0. The van der Waals surface area contributed by atoms with Crippen molar-refractivity contribution < 1.29 is 14.7 Å². The Labute approximate surface area is 154 Å². The summed E-state index contributed by atoms with van der Waals surface area (Å²) in [5.41, 5.74) is 1.35. The molecular weight excluding hydrogens is 342 g/mol. The van der Waals surface area contributed by atoms with Crippen LogP contribution in [0.5, 0.6) is 5.75 Å². The molecule has 0 aliphatic carbocycles. The van der Waals surface area contributed by atoms with E-state index in [2.05, 4.69) is 11.4 Å². The van der Waals surface area contributed by atoms with Gasteiger partial charge in [0.05, 0.1) is 17.3 Å². The molecule has 3 aromatic carbocycles. The van der Waals surface area contributed by atoms with E-state index in [0.717, 1.165) is 4.90 Å². The number of carbonyl (C=O) groups excluding carboxylic acids is 2. The maximum atomic E-state index is 12.9. The number of urea groups is 1. The highest BCUT2D eigenvalue weighted by atomic mass is 16.3. The molecular formula is C21H13N3O3. The van der Waals surface area contributed by atoms with Crippen molar-refractivity contribution in [1.82, 2.24) is 5.32 Å². The van der Waals surface area contributed by atoms with E-state index < -0.39 is 11.9 Å². The summed E-state index contributed by atoms with van der Waals surface area (Å²) < 4.78 is 0. The van der Waals surface area contributed by atoms with Crippen molar-refractivity contribution in [1.29, 1.82) is 5.26 Å². The molecule has 1 saturated heterocycles. The Balaban J connectivity index is 1.82. The minimum atomic E-state index is -0.587. The van der Waals surface area contributed by atoms with Crippen LogP contribution < -0.4 is 10.2 Å². The lowest BCUT2D eigenvalue weighted by molar-refractivity contribution is -0.113. The van der Waals surface area contributed by atoms with Crippen LogP contribution in [-0.2, 0) is 4.79 Å². The Morgan fingerprint density at radius 2 is 1.67 bits per heavy atom. The summed E-state index contributed by atoms with van der Waals surface area (Å²) in [4.78, 5) is 26.4. The molecule has 3 aromatic rings. The molecule has 1 fully saturated rings. The van der Waals surface area contributed by atoms with Crippen molar-refractivity contribution in [2.24, 2.45) is 0 Å². The van der Waals surface area contributed by atoms with Crippen LogP contribution in [0.2, 0.25) is 0 Å². The molecule has 0 bridgehead atoms. The van der Waals surface area contributed by atoms with Gasteiger partial charge >= 0.3 is 6.03 Å². The molecule has 1 aliphatic rings. The summed E-state index contributed by atoms with van der Waals surface area (Å²) in [5, 5.41) is 23.0. The highest BCUT2D eigenvalue weighted by Crippen LogP contribution is 2.32. The summed E-state index contributed by atoms with van der Waals surface area (Å²) in [7, 11) is 0. The lowest BCUT2D eigenvalue weighted by atomic mass is 10.0. The molecule has 0 atom stereocenters. The molecule has 1 aliphatic heterocycles. The van der Waals surface area contributed by atoms with E-state index in [1.165, 1.54) is 12.1 Å². The fourth-order valence-electron chi connectivity index (χ4n) is 3.09. The molecule has 4 rings (SSSR count). The Hall–Kier alpha value is -4.11. The van der Waals surface area contributed by atoms with E-state index in [0.29, 0.717) is 27.6 Å². The van der Waals surface area contributed by atoms with Crippen LogP contribution >= 0.6 is 0 Å². The number of fused-ring (bicyclic) bond motifs is 1. The van der Waals surface area contributed by atoms with E-state index in [1.807, 2.05) is 0 Å². The average molecular weight is 355 g/mol. The molecule has 0 unspecified atom stereocenters. The first kappa shape index (κ1) is 16.4. The van der Waals surface area contributed by atoms with Gasteiger partial charge in [0.15, 0.2) is 0 Å². The molecule has 0 radical (unpaired) electrons. The smallest absolute Gasteiger partial charge is 0.333 e. The zero-order valence-corrected chi connectivity index (χ0v) is 14.0. The minimum Gasteiger partial charge on any atom is -0.507 e. The van der Waals surface area contributed by atoms with Crippen molar-refractivity contribution >= 4 is 34.5 Å². The third-order valence-corrected chi connectivity index (χ3v) is 4.38. The summed E-state index contributed by atoms with van der Waals surface area (Å²) >= 11 is 0. The number of anilines is 1. The lowest BCUT2D eigenvalue weighted by Crippen LogP contribution is -2.30. The monoisotopic (exact) mass is 355 g/mol. The van der Waals surface area contributed by atoms with Crippen LogP contribution in [0.25, 0.3) is 16.8 Å². The number of hydrogen-bond acceptors (Lipinski definition) is 4. The van der Waals surface area contributed by atoms with Crippen molar-refractivity contribution in [3.05, 3.63) is 77.5 Å². The van der Waals surface area contributed by atoms with Crippen molar-refractivity contribution in [3.8, 4) is 11.8 Å². The number of nitrogens with one attached hydrogen (secondary N) is 1. The van der Waals surface area contributed by atoms with Crippen molar-refractivity contribution in [3.63, 3.8) is 0 Å². The van der Waals surface area contributed by atoms with Crippen LogP contribution in [-0.4, -0.2) is 17.0 Å². The first-order chi connectivity index (χ1) is 13.1. The SMILES string of the molecule is N#Cc1ccc(N2C(=O)N/C(=C/c3ccccc3O)C2=O)c2ccccc12. The second-order valence-electron chi connectivity index (χ2n) is 5.98. The van der Waals surface area contributed by atoms with Gasteiger partial charge in [0.25, 0.3) is 5.91 Å². The van der Waals surface area contributed by atoms with Crippen LogP contribution in [0, 0.1) is 11.3 Å². The summed E-state index contributed by atoms with van der Waals surface area (Å²) in [6.45, 7) is 0. The number of hydrogen-bond donors (Lipinski definition) is 2. The van der Waals surface area contributed by atoms with Crippen LogP contribution in [0.3, 0.4) is 0 Å². The number of imide groups is 1. The Kier molecular flexibility index (Phi) is 3.83. The maximum Gasteiger partial charge on any atom is 0.333 e. The van der Waals surface area contributed by atoms with Crippen LogP contribution in [0.1, 0.15) is 11.1 Å². The number of aromatic hydroxyl groups is 1. The molecule has 6 nitrogen and oxygen atoms in total. The van der Waals surface area contributed by atoms with Crippen LogP contribution in [0.4, 0.5) is 10.5 Å². The van der Waals surface area contributed by atoms with Crippen molar-refractivity contribution in [2.75, 3.05) is 4.90 Å². The number of phenols is 1. The van der Waals surface area contributed by atoms with E-state index >= 15 is 0 Å². The second kappa shape index (κ2) is 6.32. The highest BCUT2D eigenvalue weighted by Gasteiger charge is 2.36. The van der Waals surface area contributed by atoms with E-state index in [9.17, 15) is 20.0 Å². The number of para-hydroxylation sites is 1. The summed E-state index contributed by atoms with van der Waals surface area (Å²) in [6, 6.07) is 18.3. The number of phenolic OH excluding ortho intramolecular Hbond substituents is 1. The van der Waals surface area contributed by atoms with Gasteiger partial charge in [-0.25, -0.2) is 9.69 Å². The lowest BCUT2D eigenvalue weighted by Gasteiger charge is -2.15. The summed E-state index contributed by atoms with van der Waals surface area (Å²) in [6.07, 6.45) is 1.43. The van der Waals surface area contributed by atoms with Gasteiger partial charge in [0, 0.05) is 16.3 Å². The molecule has 0 aromatic heterocycles. The van der Waals surface area contributed by atoms with Crippen molar-refractivity contribution in [2.45, 2.75) is 0 Å². The first-order valence-electron chi connectivity index (χ1n) is 8.17. The van der Waals surface area contributed by atoms with Gasteiger partial charge < -0.3 is 10.4 Å². The number of carbonyl (C=O) groups is 2. The minimum absolute atomic E-state index is 0.00863. The Bertz CT molecular complexity index is 1170. The van der Waals surface area contributed by atoms with Crippen LogP contribution in [0.15, 0.2) is 66.4 Å². The molecule has 27 heavy (non-hydrogen) atoms. The normalized spacial score (nSPS) is 15.2. The molecule has 0 saturated carbocycles. The zero-order chi connectivity index (χ0) is 19.0. The number of rotatable bonds is 2. The third-order valence-electron chi connectivity index (χ3n) is 4.38. The van der Waals surface area contributed by atoms with Gasteiger partial charge in [-0.05, 0) is 24.3 Å². The number of nitrogens with zero attached hydrogens (tertiary/aromatic N) is 2.